The SMILES string of the molecule is CC1(C)S[C@@H]2c3ccccc3C(=O)N2[C@H]1C(=O)N[C@@H](C(=O)NC1CC1)c1ccccc1. The molecule has 3 atom stereocenters. The molecule has 0 radical (unpaired) electrons. The average molecular weight is 436 g/mol. The quantitative estimate of drug-likeness (QED) is 0.756. The molecule has 1 saturated heterocycles. The number of benzene rings is 2. The van der Waals surface area contributed by atoms with E-state index in [1.807, 2.05) is 68.4 Å². The van der Waals surface area contributed by atoms with Crippen LogP contribution in [0.5, 0.6) is 0 Å². The van der Waals surface area contributed by atoms with Gasteiger partial charge in [-0.25, -0.2) is 0 Å². The number of carbonyl (C=O) groups excluding carboxylic acids is 3. The van der Waals surface area contributed by atoms with Crippen LogP contribution in [0, 0.1) is 0 Å². The van der Waals surface area contributed by atoms with Crippen molar-refractivity contribution in [2.75, 3.05) is 0 Å². The Morgan fingerprint density at radius 3 is 2.45 bits per heavy atom. The molecule has 3 aliphatic rings. The summed E-state index contributed by atoms with van der Waals surface area (Å²) in [5.74, 6) is -0.642. The normalized spacial score (nSPS) is 24.3. The van der Waals surface area contributed by atoms with Crippen LogP contribution in [-0.4, -0.2) is 39.5 Å². The predicted octanol–water partition coefficient (Wildman–Crippen LogP) is 3.17. The third-order valence-corrected chi connectivity index (χ3v) is 7.69. The van der Waals surface area contributed by atoms with Gasteiger partial charge in [-0.05, 0) is 43.9 Å². The monoisotopic (exact) mass is 435 g/mol. The van der Waals surface area contributed by atoms with Crippen molar-refractivity contribution >= 4 is 29.5 Å². The fraction of sp³-hybridized carbons (Fsp3) is 0.375. The van der Waals surface area contributed by atoms with Crippen LogP contribution < -0.4 is 10.6 Å². The number of nitrogens with zero attached hydrogens (tertiary/aromatic N) is 1. The third-order valence-electron chi connectivity index (χ3n) is 6.15. The zero-order chi connectivity index (χ0) is 21.8. The number of hydrogen-bond acceptors (Lipinski definition) is 4. The molecule has 7 heteroatoms. The van der Waals surface area contributed by atoms with Crippen molar-refractivity contribution in [2.45, 2.75) is 54.9 Å². The molecule has 0 unspecified atom stereocenters. The third kappa shape index (κ3) is 3.51. The van der Waals surface area contributed by atoms with Gasteiger partial charge in [0.15, 0.2) is 0 Å². The summed E-state index contributed by atoms with van der Waals surface area (Å²) < 4.78 is -0.494. The first kappa shape index (κ1) is 20.1. The maximum absolute atomic E-state index is 13.6. The molecule has 2 aromatic carbocycles. The molecule has 2 aliphatic heterocycles. The summed E-state index contributed by atoms with van der Waals surface area (Å²) in [5, 5.41) is 5.77. The van der Waals surface area contributed by atoms with Gasteiger partial charge in [-0.15, -0.1) is 11.8 Å². The smallest absolute Gasteiger partial charge is 0.256 e. The van der Waals surface area contributed by atoms with E-state index in [0.29, 0.717) is 5.56 Å². The molecule has 2 fully saturated rings. The Morgan fingerprint density at radius 2 is 1.74 bits per heavy atom. The van der Waals surface area contributed by atoms with Crippen molar-refractivity contribution in [1.29, 1.82) is 0 Å². The van der Waals surface area contributed by atoms with Gasteiger partial charge >= 0.3 is 0 Å². The summed E-state index contributed by atoms with van der Waals surface area (Å²) in [5.41, 5.74) is 2.33. The molecule has 3 amide bonds. The van der Waals surface area contributed by atoms with E-state index in [0.717, 1.165) is 24.0 Å². The molecule has 2 heterocycles. The lowest BCUT2D eigenvalue weighted by Gasteiger charge is -2.31. The number of fused-ring (bicyclic) bond motifs is 3. The van der Waals surface area contributed by atoms with Gasteiger partial charge in [-0.3, -0.25) is 14.4 Å². The highest BCUT2D eigenvalue weighted by molar-refractivity contribution is 8.01. The summed E-state index contributed by atoms with van der Waals surface area (Å²) in [7, 11) is 0. The van der Waals surface area contributed by atoms with Crippen LogP contribution in [0.4, 0.5) is 0 Å². The van der Waals surface area contributed by atoms with E-state index in [-0.39, 0.29) is 29.1 Å². The van der Waals surface area contributed by atoms with Crippen molar-refractivity contribution in [3.05, 3.63) is 71.3 Å². The summed E-state index contributed by atoms with van der Waals surface area (Å²) in [4.78, 5) is 41.4. The van der Waals surface area contributed by atoms with Crippen LogP contribution in [0.1, 0.15) is 59.6 Å². The zero-order valence-corrected chi connectivity index (χ0v) is 18.3. The van der Waals surface area contributed by atoms with E-state index in [1.54, 1.807) is 16.7 Å². The fourth-order valence-electron chi connectivity index (χ4n) is 4.48. The molecule has 5 rings (SSSR count). The van der Waals surface area contributed by atoms with Gasteiger partial charge in [0, 0.05) is 16.4 Å². The molecule has 2 aromatic rings. The summed E-state index contributed by atoms with van der Waals surface area (Å²) in [6, 6.07) is 15.5. The minimum Gasteiger partial charge on any atom is -0.351 e. The average Bonchev–Trinajstić information content (AvgIpc) is 3.47. The van der Waals surface area contributed by atoms with Crippen LogP contribution >= 0.6 is 11.8 Å². The molecule has 31 heavy (non-hydrogen) atoms. The lowest BCUT2D eigenvalue weighted by Crippen LogP contribution is -2.54. The summed E-state index contributed by atoms with van der Waals surface area (Å²) in [6.45, 7) is 3.97. The maximum atomic E-state index is 13.6. The summed E-state index contributed by atoms with van der Waals surface area (Å²) >= 11 is 1.62. The van der Waals surface area contributed by atoms with Gasteiger partial charge in [0.1, 0.15) is 17.5 Å². The van der Waals surface area contributed by atoms with Gasteiger partial charge in [0.05, 0.1) is 0 Å². The molecular formula is C24H25N3O3S. The highest BCUT2D eigenvalue weighted by atomic mass is 32.2. The van der Waals surface area contributed by atoms with E-state index in [1.165, 1.54) is 0 Å². The van der Waals surface area contributed by atoms with Gasteiger partial charge in [-0.1, -0.05) is 48.5 Å². The second kappa shape index (κ2) is 7.41. The highest BCUT2D eigenvalue weighted by Crippen LogP contribution is 2.56. The first-order chi connectivity index (χ1) is 14.9. The first-order valence-corrected chi connectivity index (χ1v) is 11.5. The van der Waals surface area contributed by atoms with Crippen molar-refractivity contribution < 1.29 is 14.4 Å². The lowest BCUT2D eigenvalue weighted by molar-refractivity contribution is -0.132. The molecule has 1 aliphatic carbocycles. The Morgan fingerprint density at radius 1 is 1.06 bits per heavy atom. The molecule has 0 bridgehead atoms. The number of thioether (sulfide) groups is 1. The summed E-state index contributed by atoms with van der Waals surface area (Å²) in [6.07, 6.45) is 1.94. The second-order valence-electron chi connectivity index (χ2n) is 8.91. The molecule has 6 nitrogen and oxygen atoms in total. The topological polar surface area (TPSA) is 78.5 Å². The molecule has 160 valence electrons. The molecular weight excluding hydrogens is 410 g/mol. The fourth-order valence-corrected chi connectivity index (χ4v) is 6.07. The van der Waals surface area contributed by atoms with Crippen molar-refractivity contribution in [2.24, 2.45) is 0 Å². The minimum atomic E-state index is -0.797. The van der Waals surface area contributed by atoms with Crippen LogP contribution in [-0.2, 0) is 9.59 Å². The Hall–Kier alpha value is -2.80. The van der Waals surface area contributed by atoms with Crippen molar-refractivity contribution in [3.63, 3.8) is 0 Å². The number of rotatable bonds is 5. The van der Waals surface area contributed by atoms with Gasteiger partial charge in [0.2, 0.25) is 11.8 Å². The number of hydrogen-bond donors (Lipinski definition) is 2. The van der Waals surface area contributed by atoms with Crippen molar-refractivity contribution in [3.8, 4) is 0 Å². The maximum Gasteiger partial charge on any atom is 0.256 e. The lowest BCUT2D eigenvalue weighted by atomic mass is 9.99. The Labute approximate surface area is 185 Å². The standard InChI is InChI=1S/C24H25N3O3S/c1-24(2)19(27-22(30)16-10-6-7-11-17(16)23(27)31-24)21(29)26-18(14-8-4-3-5-9-14)20(28)25-15-12-13-15/h3-11,15,18-19,23H,12-13H2,1-2H3,(H,25,28)(H,26,29)/t18-,19+,23-/m1/s1. The molecule has 0 spiro atoms. The van der Waals surface area contributed by atoms with Crippen LogP contribution in [0.2, 0.25) is 0 Å². The largest absolute Gasteiger partial charge is 0.351 e. The van der Waals surface area contributed by atoms with Gasteiger partial charge < -0.3 is 15.5 Å². The van der Waals surface area contributed by atoms with Gasteiger partial charge in [0.25, 0.3) is 5.91 Å². The van der Waals surface area contributed by atoms with Crippen LogP contribution in [0.3, 0.4) is 0 Å². The number of amides is 3. The van der Waals surface area contributed by atoms with E-state index in [9.17, 15) is 14.4 Å². The zero-order valence-electron chi connectivity index (χ0n) is 17.5. The second-order valence-corrected chi connectivity index (χ2v) is 10.6. The van der Waals surface area contributed by atoms with E-state index in [2.05, 4.69) is 10.6 Å². The number of carbonyl (C=O) groups is 3. The van der Waals surface area contributed by atoms with Crippen LogP contribution in [0.15, 0.2) is 54.6 Å². The molecule has 0 aromatic heterocycles. The van der Waals surface area contributed by atoms with E-state index < -0.39 is 16.8 Å². The Balaban J connectivity index is 1.44. The van der Waals surface area contributed by atoms with E-state index >= 15 is 0 Å². The Kier molecular flexibility index (Phi) is 4.81. The minimum absolute atomic E-state index is 0.127. The first-order valence-electron chi connectivity index (χ1n) is 10.6. The van der Waals surface area contributed by atoms with Gasteiger partial charge in [-0.2, -0.15) is 0 Å². The number of nitrogens with one attached hydrogen (secondary N) is 2. The van der Waals surface area contributed by atoms with E-state index in [4.69, 9.17) is 0 Å². The van der Waals surface area contributed by atoms with Crippen LogP contribution in [0.25, 0.3) is 0 Å². The molecule has 2 N–H and O–H groups in total. The van der Waals surface area contributed by atoms with Crippen molar-refractivity contribution in [1.82, 2.24) is 15.5 Å². The molecule has 1 saturated carbocycles. The predicted molar refractivity (Wildman–Crippen MR) is 119 cm³/mol. The highest BCUT2D eigenvalue weighted by Gasteiger charge is 2.57. The Bertz CT molecular complexity index is 1050.